The molecule has 0 spiro atoms. The Kier molecular flexibility index (Phi) is 9.75. The van der Waals surface area contributed by atoms with Gasteiger partial charge in [0.15, 0.2) is 46.0 Å². The van der Waals surface area contributed by atoms with Crippen molar-refractivity contribution in [3.8, 4) is 51.7 Å². The Bertz CT molecular complexity index is 2130. The molecule has 0 unspecified atom stereocenters. The number of hydrogen-bond acceptors (Lipinski definition) is 10. The van der Waals surface area contributed by atoms with Crippen LogP contribution in [0.15, 0.2) is 79.1 Å². The third-order valence-corrected chi connectivity index (χ3v) is 8.45. The van der Waals surface area contributed by atoms with Crippen molar-refractivity contribution in [1.29, 1.82) is 0 Å². The van der Waals surface area contributed by atoms with Gasteiger partial charge in [-0.3, -0.25) is 9.97 Å². The minimum atomic E-state index is 0.426. The minimum Gasteiger partial charge on any atom is -0.493 e. The van der Waals surface area contributed by atoms with Gasteiger partial charge in [0, 0.05) is 47.6 Å². The monoisotopic (exact) mass is 662 g/mol. The number of methoxy groups -OCH3 is 7. The lowest BCUT2D eigenvalue weighted by atomic mass is 10.0. The molecule has 0 radical (unpaired) electrons. The zero-order chi connectivity index (χ0) is 34.5. The third kappa shape index (κ3) is 6.62. The third-order valence-electron chi connectivity index (χ3n) is 8.45. The molecule has 2 aromatic heterocycles. The highest BCUT2D eigenvalue weighted by atomic mass is 16.5. The van der Waals surface area contributed by atoms with Crippen LogP contribution in [0, 0.1) is 0 Å². The molecular formula is C39H38N2O8. The molecule has 0 saturated heterocycles. The van der Waals surface area contributed by atoms with Crippen molar-refractivity contribution in [2.75, 3.05) is 49.8 Å². The van der Waals surface area contributed by atoms with E-state index < -0.39 is 0 Å². The smallest absolute Gasteiger partial charge is 0.169 e. The van der Waals surface area contributed by atoms with Gasteiger partial charge in [0.05, 0.1) is 61.2 Å². The van der Waals surface area contributed by atoms with Crippen LogP contribution in [0.3, 0.4) is 0 Å². The topological polar surface area (TPSA) is 99.6 Å². The van der Waals surface area contributed by atoms with Gasteiger partial charge in [-0.15, -0.1) is 0 Å². The molecule has 0 fully saturated rings. The normalized spacial score (nSPS) is 10.9. The van der Waals surface area contributed by atoms with E-state index >= 15 is 0 Å². The quantitative estimate of drug-likeness (QED) is 0.122. The van der Waals surface area contributed by atoms with E-state index in [0.717, 1.165) is 44.1 Å². The second-order valence-electron chi connectivity index (χ2n) is 11.1. The Morgan fingerprint density at radius 1 is 0.408 bits per heavy atom. The fraction of sp³-hybridized carbons (Fsp3) is 0.231. The number of fused-ring (bicyclic) bond motifs is 2. The Morgan fingerprint density at radius 3 is 1.41 bits per heavy atom. The molecule has 49 heavy (non-hydrogen) atoms. The number of rotatable bonds is 13. The summed E-state index contributed by atoms with van der Waals surface area (Å²) in [6.07, 6.45) is 4.55. The van der Waals surface area contributed by atoms with Crippen LogP contribution in [0.25, 0.3) is 21.5 Å². The molecule has 0 amide bonds. The number of hydrogen-bond donors (Lipinski definition) is 0. The molecule has 0 N–H and O–H groups in total. The molecule has 0 atom stereocenters. The zero-order valence-electron chi connectivity index (χ0n) is 28.6. The van der Waals surface area contributed by atoms with Crippen molar-refractivity contribution in [3.63, 3.8) is 0 Å². The average Bonchev–Trinajstić information content (AvgIpc) is 3.14. The van der Waals surface area contributed by atoms with E-state index in [2.05, 4.69) is 0 Å². The average molecular weight is 663 g/mol. The van der Waals surface area contributed by atoms with Crippen LogP contribution in [0.4, 0.5) is 0 Å². The number of nitrogens with zero attached hydrogens (tertiary/aromatic N) is 2. The van der Waals surface area contributed by atoms with Gasteiger partial charge in [0.25, 0.3) is 0 Å². The molecule has 6 aromatic rings. The molecule has 0 saturated carbocycles. The van der Waals surface area contributed by atoms with E-state index in [9.17, 15) is 0 Å². The largest absolute Gasteiger partial charge is 0.493 e. The van der Waals surface area contributed by atoms with Gasteiger partial charge in [0.1, 0.15) is 5.75 Å². The van der Waals surface area contributed by atoms with Gasteiger partial charge in [-0.2, -0.15) is 0 Å². The fourth-order valence-corrected chi connectivity index (χ4v) is 5.94. The predicted octanol–water partition coefficient (Wildman–Crippen LogP) is 7.82. The first-order chi connectivity index (χ1) is 23.9. The Hall–Kier alpha value is -5.90. The summed E-state index contributed by atoms with van der Waals surface area (Å²) in [6.45, 7) is 0. The Morgan fingerprint density at radius 2 is 0.878 bits per heavy atom. The zero-order valence-corrected chi connectivity index (χ0v) is 28.6. The van der Waals surface area contributed by atoms with Crippen LogP contribution in [0.1, 0.15) is 22.5 Å². The standard InChI is InChI=1S/C39H38N2O8/c1-42-31-9-8-23(14-29-27-20-36(46-5)33(43-2)17-24(27)10-12-40-29)15-39(31)49-32-22-38(48-7)35(45-4)19-26(32)16-30-28-21-37(47-6)34(44-3)18-25(28)11-13-41-30/h8-13,15,17-22H,14,16H2,1-7H3. The summed E-state index contributed by atoms with van der Waals surface area (Å²) < 4.78 is 46.0. The highest BCUT2D eigenvalue weighted by Gasteiger charge is 2.19. The van der Waals surface area contributed by atoms with Crippen LogP contribution >= 0.6 is 0 Å². The maximum Gasteiger partial charge on any atom is 0.169 e. The summed E-state index contributed by atoms with van der Waals surface area (Å²) in [5.74, 6) is 5.33. The molecule has 0 aliphatic heterocycles. The molecule has 252 valence electrons. The van der Waals surface area contributed by atoms with Gasteiger partial charge < -0.3 is 37.9 Å². The first-order valence-corrected chi connectivity index (χ1v) is 15.5. The second kappa shape index (κ2) is 14.5. The molecule has 0 aliphatic rings. The van der Waals surface area contributed by atoms with E-state index in [1.165, 1.54) is 0 Å². The lowest BCUT2D eigenvalue weighted by molar-refractivity contribution is 0.348. The molecule has 6 rings (SSSR count). The number of benzene rings is 4. The molecule has 0 aliphatic carbocycles. The summed E-state index contributed by atoms with van der Waals surface area (Å²) >= 11 is 0. The first-order valence-electron chi connectivity index (χ1n) is 15.5. The minimum absolute atomic E-state index is 0.426. The molecule has 2 heterocycles. The first kappa shape index (κ1) is 33.0. The summed E-state index contributed by atoms with van der Waals surface area (Å²) in [5.41, 5.74) is 3.52. The lowest BCUT2D eigenvalue weighted by Crippen LogP contribution is -2.02. The van der Waals surface area contributed by atoms with Crippen molar-refractivity contribution in [1.82, 2.24) is 9.97 Å². The number of pyridine rings is 2. The van der Waals surface area contributed by atoms with Gasteiger partial charge in [-0.1, -0.05) is 6.07 Å². The van der Waals surface area contributed by atoms with Gasteiger partial charge in [0.2, 0.25) is 0 Å². The molecular weight excluding hydrogens is 624 g/mol. The fourth-order valence-electron chi connectivity index (χ4n) is 5.94. The maximum atomic E-state index is 6.68. The summed E-state index contributed by atoms with van der Waals surface area (Å²) in [4.78, 5) is 9.47. The van der Waals surface area contributed by atoms with Crippen LogP contribution in [0.2, 0.25) is 0 Å². The van der Waals surface area contributed by atoms with Crippen LogP contribution < -0.4 is 37.9 Å². The van der Waals surface area contributed by atoms with E-state index in [1.807, 2.05) is 66.7 Å². The molecule has 10 nitrogen and oxygen atoms in total. The Labute approximate surface area is 285 Å². The van der Waals surface area contributed by atoms with Crippen molar-refractivity contribution in [2.45, 2.75) is 12.8 Å². The second-order valence-corrected chi connectivity index (χ2v) is 11.1. The van der Waals surface area contributed by atoms with Crippen molar-refractivity contribution in [2.24, 2.45) is 0 Å². The predicted molar refractivity (Wildman–Crippen MR) is 188 cm³/mol. The number of ether oxygens (including phenoxy) is 8. The van der Waals surface area contributed by atoms with Crippen molar-refractivity contribution < 1.29 is 37.9 Å². The lowest BCUT2D eigenvalue weighted by Gasteiger charge is -2.18. The van der Waals surface area contributed by atoms with E-state index in [4.69, 9.17) is 47.9 Å². The van der Waals surface area contributed by atoms with E-state index in [1.54, 1.807) is 62.2 Å². The van der Waals surface area contributed by atoms with E-state index in [0.29, 0.717) is 64.6 Å². The van der Waals surface area contributed by atoms with E-state index in [-0.39, 0.29) is 0 Å². The maximum absolute atomic E-state index is 6.68. The van der Waals surface area contributed by atoms with Crippen LogP contribution in [0.5, 0.6) is 51.7 Å². The summed E-state index contributed by atoms with van der Waals surface area (Å²) in [6, 6.07) is 21.3. The molecule has 0 bridgehead atoms. The van der Waals surface area contributed by atoms with Crippen molar-refractivity contribution in [3.05, 3.63) is 102 Å². The summed E-state index contributed by atoms with van der Waals surface area (Å²) in [7, 11) is 11.3. The Balaban J connectivity index is 1.40. The van der Waals surface area contributed by atoms with Gasteiger partial charge in [-0.05, 0) is 70.9 Å². The highest BCUT2D eigenvalue weighted by Crippen LogP contribution is 2.42. The summed E-state index contributed by atoms with van der Waals surface area (Å²) in [5, 5.41) is 3.87. The van der Waals surface area contributed by atoms with Crippen LogP contribution in [-0.4, -0.2) is 59.7 Å². The molecule has 10 heteroatoms. The van der Waals surface area contributed by atoms with Crippen molar-refractivity contribution >= 4 is 21.5 Å². The van der Waals surface area contributed by atoms with Crippen LogP contribution in [-0.2, 0) is 12.8 Å². The van der Waals surface area contributed by atoms with Gasteiger partial charge >= 0.3 is 0 Å². The SMILES string of the molecule is COc1cc(Cc2nccc3cc(OC)c(OC)cc23)c(Oc2cc(Cc3nccc4cc(OC)c(OC)cc34)ccc2OC)cc1OC. The highest BCUT2D eigenvalue weighted by molar-refractivity contribution is 5.89. The van der Waals surface area contributed by atoms with Gasteiger partial charge in [-0.25, -0.2) is 0 Å². The number of aromatic nitrogens is 2. The molecule has 4 aromatic carbocycles.